The zero-order valence-electron chi connectivity index (χ0n) is 13.7. The molecule has 1 aromatic carbocycles. The van der Waals surface area contributed by atoms with E-state index in [-0.39, 0.29) is 18.0 Å². The number of methoxy groups -OCH3 is 1. The summed E-state index contributed by atoms with van der Waals surface area (Å²) in [5.74, 6) is 1.55. The SMILES string of the molecule is COc1ccc2c(c1)OCC(C(=O)N1CCCC[C@@H]1[C@@H](C)N)=C2. The van der Waals surface area contributed by atoms with Crippen molar-refractivity contribution in [2.45, 2.75) is 38.3 Å². The Morgan fingerprint density at radius 1 is 1.43 bits per heavy atom. The fourth-order valence-electron chi connectivity index (χ4n) is 3.33. The minimum absolute atomic E-state index is 0.0130. The molecule has 0 unspecified atom stereocenters. The van der Waals surface area contributed by atoms with Crippen molar-refractivity contribution < 1.29 is 14.3 Å². The Morgan fingerprint density at radius 2 is 2.26 bits per heavy atom. The standard InChI is InChI=1S/C18H24N2O3/c1-12(19)16-5-3-4-8-20(16)18(21)14-9-13-6-7-15(22-2)10-17(13)23-11-14/h6-7,9-10,12,16H,3-5,8,11,19H2,1-2H3/t12-,16-/m1/s1. The third-order valence-electron chi connectivity index (χ3n) is 4.63. The van der Waals surface area contributed by atoms with E-state index in [2.05, 4.69) is 0 Å². The summed E-state index contributed by atoms with van der Waals surface area (Å²) in [6.45, 7) is 3.04. The second-order valence-electron chi connectivity index (χ2n) is 6.28. The van der Waals surface area contributed by atoms with Crippen LogP contribution in [0.5, 0.6) is 11.5 Å². The monoisotopic (exact) mass is 316 g/mol. The number of amides is 1. The molecule has 2 aliphatic rings. The molecule has 0 aromatic heterocycles. The molecule has 1 aromatic rings. The molecule has 5 nitrogen and oxygen atoms in total. The highest BCUT2D eigenvalue weighted by atomic mass is 16.5. The number of benzene rings is 1. The van der Waals surface area contributed by atoms with Gasteiger partial charge in [0.1, 0.15) is 18.1 Å². The van der Waals surface area contributed by atoms with Gasteiger partial charge in [-0.3, -0.25) is 4.79 Å². The van der Waals surface area contributed by atoms with Crippen LogP contribution in [0.25, 0.3) is 6.08 Å². The van der Waals surface area contributed by atoms with Gasteiger partial charge in [-0.2, -0.15) is 0 Å². The van der Waals surface area contributed by atoms with Crippen LogP contribution >= 0.6 is 0 Å². The molecule has 1 amide bonds. The van der Waals surface area contributed by atoms with Crippen LogP contribution in [0.3, 0.4) is 0 Å². The van der Waals surface area contributed by atoms with Gasteiger partial charge in [0.05, 0.1) is 12.7 Å². The Bertz CT molecular complexity index is 625. The minimum atomic E-state index is -0.0130. The van der Waals surface area contributed by atoms with Gasteiger partial charge in [0.25, 0.3) is 5.91 Å². The molecule has 0 saturated carbocycles. The fourth-order valence-corrected chi connectivity index (χ4v) is 3.33. The lowest BCUT2D eigenvalue weighted by Crippen LogP contribution is -2.52. The Hall–Kier alpha value is -2.01. The molecule has 1 saturated heterocycles. The van der Waals surface area contributed by atoms with Gasteiger partial charge in [0, 0.05) is 30.3 Å². The van der Waals surface area contributed by atoms with Gasteiger partial charge in [-0.25, -0.2) is 0 Å². The van der Waals surface area contributed by atoms with Crippen LogP contribution in [-0.4, -0.2) is 43.2 Å². The summed E-state index contributed by atoms with van der Waals surface area (Å²) in [6.07, 6.45) is 5.07. The molecule has 0 spiro atoms. The third-order valence-corrected chi connectivity index (χ3v) is 4.63. The van der Waals surface area contributed by atoms with Crippen molar-refractivity contribution in [2.75, 3.05) is 20.3 Å². The molecule has 2 aliphatic heterocycles. The second kappa shape index (κ2) is 6.62. The van der Waals surface area contributed by atoms with E-state index in [9.17, 15) is 4.79 Å². The van der Waals surface area contributed by atoms with Crippen molar-refractivity contribution >= 4 is 12.0 Å². The van der Waals surface area contributed by atoms with E-state index in [0.717, 1.165) is 42.9 Å². The number of nitrogens with two attached hydrogens (primary N) is 1. The normalized spacial score (nSPS) is 21.8. The number of rotatable bonds is 3. The molecular weight excluding hydrogens is 292 g/mol. The number of fused-ring (bicyclic) bond motifs is 1. The average Bonchev–Trinajstić information content (AvgIpc) is 2.60. The molecule has 2 N–H and O–H groups in total. The van der Waals surface area contributed by atoms with Crippen molar-refractivity contribution in [3.63, 3.8) is 0 Å². The van der Waals surface area contributed by atoms with Crippen LogP contribution < -0.4 is 15.2 Å². The molecule has 5 heteroatoms. The number of hydrogen-bond donors (Lipinski definition) is 1. The molecule has 0 bridgehead atoms. The van der Waals surface area contributed by atoms with E-state index in [4.69, 9.17) is 15.2 Å². The summed E-state index contributed by atoms with van der Waals surface area (Å²) >= 11 is 0. The smallest absolute Gasteiger partial charge is 0.253 e. The number of carbonyl (C=O) groups is 1. The molecule has 2 atom stereocenters. The predicted molar refractivity (Wildman–Crippen MR) is 89.5 cm³/mol. The van der Waals surface area contributed by atoms with Crippen LogP contribution in [0.1, 0.15) is 31.7 Å². The molecule has 0 radical (unpaired) electrons. The van der Waals surface area contributed by atoms with Gasteiger partial charge in [-0.15, -0.1) is 0 Å². The topological polar surface area (TPSA) is 64.8 Å². The van der Waals surface area contributed by atoms with Crippen LogP contribution in [-0.2, 0) is 4.79 Å². The lowest BCUT2D eigenvalue weighted by atomic mass is 9.95. The van der Waals surface area contributed by atoms with Crippen molar-refractivity contribution in [3.05, 3.63) is 29.3 Å². The van der Waals surface area contributed by atoms with E-state index in [0.29, 0.717) is 12.2 Å². The summed E-state index contributed by atoms with van der Waals surface area (Å²) in [6, 6.07) is 5.74. The number of hydrogen-bond acceptors (Lipinski definition) is 4. The molecule has 0 aliphatic carbocycles. The van der Waals surface area contributed by atoms with E-state index in [1.165, 1.54) is 0 Å². The lowest BCUT2D eigenvalue weighted by Gasteiger charge is -2.38. The first-order chi connectivity index (χ1) is 11.1. The third kappa shape index (κ3) is 3.20. The molecule has 1 fully saturated rings. The van der Waals surface area contributed by atoms with Crippen LogP contribution in [0, 0.1) is 0 Å². The predicted octanol–water partition coefficient (Wildman–Crippen LogP) is 2.20. The molecule has 2 heterocycles. The summed E-state index contributed by atoms with van der Waals surface area (Å²) < 4.78 is 11.0. The average molecular weight is 316 g/mol. The van der Waals surface area contributed by atoms with Gasteiger partial charge in [0.15, 0.2) is 0 Å². The maximum Gasteiger partial charge on any atom is 0.253 e. The van der Waals surface area contributed by atoms with Gasteiger partial charge >= 0.3 is 0 Å². The van der Waals surface area contributed by atoms with Crippen LogP contribution in [0.4, 0.5) is 0 Å². The Balaban J connectivity index is 1.83. The van der Waals surface area contributed by atoms with Gasteiger partial charge < -0.3 is 20.1 Å². The molecule has 3 rings (SSSR count). The van der Waals surface area contributed by atoms with Gasteiger partial charge in [0.2, 0.25) is 0 Å². The Kier molecular flexibility index (Phi) is 4.57. The van der Waals surface area contributed by atoms with E-state index < -0.39 is 0 Å². The maximum absolute atomic E-state index is 12.9. The first-order valence-electron chi connectivity index (χ1n) is 8.18. The minimum Gasteiger partial charge on any atom is -0.497 e. The van der Waals surface area contributed by atoms with Gasteiger partial charge in [-0.05, 0) is 44.4 Å². The molecule has 23 heavy (non-hydrogen) atoms. The Morgan fingerprint density at radius 3 is 3.00 bits per heavy atom. The number of piperidine rings is 1. The molecule has 124 valence electrons. The first-order valence-corrected chi connectivity index (χ1v) is 8.18. The van der Waals surface area contributed by atoms with E-state index >= 15 is 0 Å². The largest absolute Gasteiger partial charge is 0.497 e. The van der Waals surface area contributed by atoms with Crippen molar-refractivity contribution in [1.29, 1.82) is 0 Å². The lowest BCUT2D eigenvalue weighted by molar-refractivity contribution is -0.131. The highest BCUT2D eigenvalue weighted by molar-refractivity contribution is 5.99. The second-order valence-corrected chi connectivity index (χ2v) is 6.28. The summed E-state index contributed by atoms with van der Waals surface area (Å²) in [5.41, 5.74) is 7.68. The zero-order valence-corrected chi connectivity index (χ0v) is 13.7. The van der Waals surface area contributed by atoms with E-state index in [1.54, 1.807) is 7.11 Å². The van der Waals surface area contributed by atoms with Gasteiger partial charge in [-0.1, -0.05) is 0 Å². The number of carbonyl (C=O) groups excluding carboxylic acids is 1. The number of nitrogens with zero attached hydrogens (tertiary/aromatic N) is 1. The van der Waals surface area contributed by atoms with Crippen molar-refractivity contribution in [1.82, 2.24) is 4.90 Å². The Labute approximate surface area is 137 Å². The van der Waals surface area contributed by atoms with Crippen LogP contribution in [0.15, 0.2) is 23.8 Å². The highest BCUT2D eigenvalue weighted by Gasteiger charge is 2.31. The molecular formula is C18H24N2O3. The summed E-state index contributed by atoms with van der Waals surface area (Å²) in [5, 5.41) is 0. The number of ether oxygens (including phenoxy) is 2. The number of likely N-dealkylation sites (tertiary alicyclic amines) is 1. The van der Waals surface area contributed by atoms with Crippen molar-refractivity contribution in [3.8, 4) is 11.5 Å². The zero-order chi connectivity index (χ0) is 16.4. The first kappa shape index (κ1) is 15.9. The maximum atomic E-state index is 12.9. The van der Waals surface area contributed by atoms with Crippen LogP contribution in [0.2, 0.25) is 0 Å². The van der Waals surface area contributed by atoms with E-state index in [1.807, 2.05) is 36.1 Å². The summed E-state index contributed by atoms with van der Waals surface area (Å²) in [7, 11) is 1.62. The fraction of sp³-hybridized carbons (Fsp3) is 0.500. The quantitative estimate of drug-likeness (QED) is 0.928. The highest BCUT2D eigenvalue weighted by Crippen LogP contribution is 2.31. The summed E-state index contributed by atoms with van der Waals surface area (Å²) in [4.78, 5) is 14.8. The van der Waals surface area contributed by atoms with Crippen molar-refractivity contribution in [2.24, 2.45) is 5.73 Å².